The van der Waals surface area contributed by atoms with E-state index in [1.54, 1.807) is 0 Å². The van der Waals surface area contributed by atoms with E-state index < -0.39 is 0 Å². The Hall–Kier alpha value is -5.88. The van der Waals surface area contributed by atoms with Crippen LogP contribution in [0.5, 0.6) is 11.5 Å². The van der Waals surface area contributed by atoms with Crippen LogP contribution in [-0.2, 0) is 7.05 Å². The molecular weight excluding hydrogens is 532 g/mol. The van der Waals surface area contributed by atoms with Crippen molar-refractivity contribution in [2.45, 2.75) is 0 Å². The van der Waals surface area contributed by atoms with Crippen molar-refractivity contribution in [3.05, 3.63) is 134 Å². The molecule has 0 aliphatic rings. The molecule has 0 N–H and O–H groups in total. The molecular formula is C37H25N4O2+. The van der Waals surface area contributed by atoms with Crippen molar-refractivity contribution < 1.29 is 13.7 Å². The second kappa shape index (κ2) is 9.06. The monoisotopic (exact) mass is 557 g/mol. The van der Waals surface area contributed by atoms with Crippen LogP contribution in [-0.4, -0.2) is 14.1 Å². The molecule has 9 aromatic rings. The topological polar surface area (TPSA) is 49.0 Å². The Kier molecular flexibility index (Phi) is 5.01. The van der Waals surface area contributed by atoms with E-state index in [1.807, 2.05) is 48.7 Å². The molecule has 6 heteroatoms. The highest BCUT2D eigenvalue weighted by Gasteiger charge is 2.18. The SMILES string of the molecule is C[n+]1cn(-c2cccc(Oc3ccc4c5ccccc5n(-c5cc6oc7ccccc7c6cn5)c4c3)c2)c2ccccc21. The number of pyridine rings is 1. The maximum atomic E-state index is 6.49. The standard InChI is InChI=1S/C37H25N4O2/c1-39-23-40(33-15-6-5-14-32(33)39)24-9-8-10-25(19-24)42-26-17-18-28-27-11-2-4-13-31(27)41(34(28)20-26)37-21-36-30(22-38-37)29-12-3-7-16-35(29)43-36/h2-23H,1H3/q+1. The van der Waals surface area contributed by atoms with Crippen LogP contribution in [0, 0.1) is 0 Å². The first-order valence-electron chi connectivity index (χ1n) is 14.3. The maximum absolute atomic E-state index is 6.49. The highest BCUT2D eigenvalue weighted by atomic mass is 16.5. The highest BCUT2D eigenvalue weighted by Crippen LogP contribution is 2.36. The molecule has 0 fully saturated rings. The number of nitrogens with zero attached hydrogens (tertiary/aromatic N) is 4. The minimum atomic E-state index is 0.751. The van der Waals surface area contributed by atoms with Gasteiger partial charge in [0.25, 0.3) is 0 Å². The number of aromatic nitrogens is 4. The summed E-state index contributed by atoms with van der Waals surface area (Å²) in [6.45, 7) is 0. The van der Waals surface area contributed by atoms with Crippen LogP contribution in [0.2, 0.25) is 0 Å². The molecule has 0 radical (unpaired) electrons. The molecule has 9 rings (SSSR count). The van der Waals surface area contributed by atoms with Gasteiger partial charge in [-0.15, -0.1) is 0 Å². The third-order valence-electron chi connectivity index (χ3n) is 8.26. The predicted molar refractivity (Wildman–Crippen MR) is 170 cm³/mol. The average Bonchev–Trinajstić information content (AvgIpc) is 3.70. The Morgan fingerprint density at radius 2 is 1.40 bits per heavy atom. The van der Waals surface area contributed by atoms with Gasteiger partial charge in [0.05, 0.1) is 18.1 Å². The van der Waals surface area contributed by atoms with E-state index in [2.05, 4.69) is 106 Å². The highest BCUT2D eigenvalue weighted by molar-refractivity contribution is 6.10. The van der Waals surface area contributed by atoms with Crippen LogP contribution in [0.25, 0.3) is 66.3 Å². The van der Waals surface area contributed by atoms with Gasteiger partial charge < -0.3 is 9.15 Å². The van der Waals surface area contributed by atoms with Gasteiger partial charge in [0.15, 0.2) is 11.0 Å². The summed E-state index contributed by atoms with van der Waals surface area (Å²) in [5.41, 5.74) is 7.11. The molecule has 4 heterocycles. The molecule has 0 aliphatic heterocycles. The lowest BCUT2D eigenvalue weighted by Gasteiger charge is -2.09. The second-order valence-corrected chi connectivity index (χ2v) is 10.9. The molecule has 204 valence electrons. The summed E-state index contributed by atoms with van der Waals surface area (Å²) in [6, 6.07) is 41.4. The second-order valence-electron chi connectivity index (χ2n) is 10.9. The summed E-state index contributed by atoms with van der Waals surface area (Å²) < 4.78 is 19.2. The summed E-state index contributed by atoms with van der Waals surface area (Å²) in [5, 5.41) is 4.37. The number of fused-ring (bicyclic) bond motifs is 7. The van der Waals surface area contributed by atoms with Crippen molar-refractivity contribution in [2.24, 2.45) is 7.05 Å². The third-order valence-corrected chi connectivity index (χ3v) is 8.26. The molecule has 43 heavy (non-hydrogen) atoms. The Labute approximate surface area is 246 Å². The van der Waals surface area contributed by atoms with E-state index in [-0.39, 0.29) is 0 Å². The molecule has 0 bridgehead atoms. The number of para-hydroxylation sites is 4. The lowest BCUT2D eigenvalue weighted by atomic mass is 10.1. The number of hydrogen-bond acceptors (Lipinski definition) is 3. The fraction of sp³-hybridized carbons (Fsp3) is 0.0270. The van der Waals surface area contributed by atoms with Gasteiger partial charge in [0.1, 0.15) is 34.2 Å². The lowest BCUT2D eigenvalue weighted by molar-refractivity contribution is -0.645. The first kappa shape index (κ1) is 23.8. The Balaban J connectivity index is 1.16. The van der Waals surface area contributed by atoms with Crippen molar-refractivity contribution in [3.63, 3.8) is 0 Å². The summed E-state index contributed by atoms with van der Waals surface area (Å²) in [5.74, 6) is 2.31. The van der Waals surface area contributed by atoms with Crippen LogP contribution in [0.4, 0.5) is 0 Å². The number of aryl methyl sites for hydroxylation is 1. The number of rotatable bonds is 4. The van der Waals surface area contributed by atoms with E-state index in [1.165, 1.54) is 5.52 Å². The molecule has 6 nitrogen and oxygen atoms in total. The molecule has 0 saturated heterocycles. The number of hydrogen-bond donors (Lipinski definition) is 0. The van der Waals surface area contributed by atoms with Crippen molar-refractivity contribution in [3.8, 4) is 23.0 Å². The minimum absolute atomic E-state index is 0.751. The fourth-order valence-electron chi connectivity index (χ4n) is 6.30. The third kappa shape index (κ3) is 3.66. The van der Waals surface area contributed by atoms with Gasteiger partial charge in [-0.2, -0.15) is 4.57 Å². The van der Waals surface area contributed by atoms with Gasteiger partial charge in [-0.05, 0) is 48.5 Å². The number of imidazole rings is 1. The van der Waals surface area contributed by atoms with Gasteiger partial charge in [0.2, 0.25) is 6.33 Å². The minimum Gasteiger partial charge on any atom is -0.457 e. The Bertz CT molecular complexity index is 2520. The largest absolute Gasteiger partial charge is 0.457 e. The quantitative estimate of drug-likeness (QED) is 0.204. The van der Waals surface area contributed by atoms with E-state index in [9.17, 15) is 0 Å². The van der Waals surface area contributed by atoms with Crippen LogP contribution < -0.4 is 9.30 Å². The van der Waals surface area contributed by atoms with Gasteiger partial charge in [-0.1, -0.05) is 54.6 Å². The summed E-state index contributed by atoms with van der Waals surface area (Å²) in [7, 11) is 2.06. The zero-order chi connectivity index (χ0) is 28.5. The van der Waals surface area contributed by atoms with E-state index in [0.717, 1.165) is 72.3 Å². The molecule has 5 aromatic carbocycles. The first-order valence-corrected chi connectivity index (χ1v) is 14.3. The van der Waals surface area contributed by atoms with Crippen LogP contribution in [0.3, 0.4) is 0 Å². The van der Waals surface area contributed by atoms with Crippen LogP contribution >= 0.6 is 0 Å². The Morgan fingerprint density at radius 1 is 0.628 bits per heavy atom. The molecule has 0 aliphatic carbocycles. The molecule has 4 aromatic heterocycles. The number of ether oxygens (including phenoxy) is 1. The van der Waals surface area contributed by atoms with Gasteiger partial charge in [-0.25, -0.2) is 9.55 Å². The van der Waals surface area contributed by atoms with Crippen LogP contribution in [0.15, 0.2) is 138 Å². The summed E-state index contributed by atoms with van der Waals surface area (Å²) in [6.07, 6.45) is 4.01. The molecule has 0 unspecified atom stereocenters. The fourth-order valence-corrected chi connectivity index (χ4v) is 6.30. The number of furan rings is 1. The smallest absolute Gasteiger partial charge is 0.249 e. The van der Waals surface area contributed by atoms with Crippen LogP contribution in [0.1, 0.15) is 0 Å². The normalized spacial score (nSPS) is 11.8. The van der Waals surface area contributed by atoms with Gasteiger partial charge >= 0.3 is 0 Å². The average molecular weight is 558 g/mol. The molecule has 0 atom stereocenters. The summed E-state index contributed by atoms with van der Waals surface area (Å²) >= 11 is 0. The van der Waals surface area contributed by atoms with Gasteiger partial charge in [0, 0.05) is 45.9 Å². The predicted octanol–water partition coefficient (Wildman–Crippen LogP) is 8.64. The number of benzene rings is 5. The zero-order valence-electron chi connectivity index (χ0n) is 23.3. The van der Waals surface area contributed by atoms with Crippen molar-refractivity contribution in [2.75, 3.05) is 0 Å². The molecule has 0 amide bonds. The zero-order valence-corrected chi connectivity index (χ0v) is 23.3. The summed E-state index contributed by atoms with van der Waals surface area (Å²) in [4.78, 5) is 4.92. The first-order chi connectivity index (χ1) is 21.2. The van der Waals surface area contributed by atoms with Crippen molar-refractivity contribution in [1.29, 1.82) is 0 Å². The Morgan fingerprint density at radius 3 is 2.33 bits per heavy atom. The molecule has 0 spiro atoms. The van der Waals surface area contributed by atoms with E-state index >= 15 is 0 Å². The van der Waals surface area contributed by atoms with Gasteiger partial charge in [-0.3, -0.25) is 4.57 Å². The van der Waals surface area contributed by atoms with Crippen molar-refractivity contribution in [1.82, 2.24) is 14.1 Å². The van der Waals surface area contributed by atoms with E-state index in [4.69, 9.17) is 14.1 Å². The lowest BCUT2D eigenvalue weighted by Crippen LogP contribution is -2.25. The van der Waals surface area contributed by atoms with E-state index in [0.29, 0.717) is 0 Å². The molecule has 0 saturated carbocycles. The maximum Gasteiger partial charge on any atom is 0.249 e. The van der Waals surface area contributed by atoms with Crippen molar-refractivity contribution >= 4 is 54.8 Å².